The molecule has 1 heterocycles. The molecule has 0 aromatic heterocycles. The largest absolute Gasteiger partial charge is 0.487 e. The molecule has 1 saturated heterocycles. The molecule has 0 atom stereocenters. The standard InChI is InChI=1S/C16H21BO2/c1-15(2)16(3,4)19-17(18-15)13-9-8-12-14-10-6-5-7-11-14/h5-13H,1-4H3/b12-8+,13-9+. The van der Waals surface area contributed by atoms with E-state index < -0.39 is 0 Å². The molecule has 19 heavy (non-hydrogen) atoms. The van der Waals surface area contributed by atoms with Gasteiger partial charge in [-0.05, 0) is 33.3 Å². The minimum Gasteiger partial charge on any atom is -0.400 e. The highest BCUT2D eigenvalue weighted by Gasteiger charge is 2.49. The molecule has 0 N–H and O–H groups in total. The maximum absolute atomic E-state index is 5.87. The predicted octanol–water partition coefficient (Wildman–Crippen LogP) is 3.89. The van der Waals surface area contributed by atoms with Gasteiger partial charge in [0.05, 0.1) is 11.2 Å². The lowest BCUT2D eigenvalue weighted by molar-refractivity contribution is 0.00578. The van der Waals surface area contributed by atoms with Crippen LogP contribution in [0.1, 0.15) is 33.3 Å². The molecular formula is C16H21BO2. The Morgan fingerprint density at radius 2 is 1.47 bits per heavy atom. The third-order valence-electron chi connectivity index (χ3n) is 3.74. The van der Waals surface area contributed by atoms with Crippen LogP contribution in [0, 0.1) is 0 Å². The highest BCUT2D eigenvalue weighted by molar-refractivity contribution is 6.51. The molecule has 1 aromatic rings. The second-order valence-electron chi connectivity index (χ2n) is 5.78. The number of hydrogen-bond donors (Lipinski definition) is 0. The molecule has 1 aromatic carbocycles. The summed E-state index contributed by atoms with van der Waals surface area (Å²) in [6.45, 7) is 8.22. The van der Waals surface area contributed by atoms with Crippen molar-refractivity contribution in [1.29, 1.82) is 0 Å². The van der Waals surface area contributed by atoms with Gasteiger partial charge >= 0.3 is 7.12 Å². The van der Waals surface area contributed by atoms with Gasteiger partial charge in [0.2, 0.25) is 0 Å². The van der Waals surface area contributed by atoms with Gasteiger partial charge in [-0.15, -0.1) is 0 Å². The van der Waals surface area contributed by atoms with Crippen LogP contribution in [0.5, 0.6) is 0 Å². The lowest BCUT2D eigenvalue weighted by Gasteiger charge is -2.32. The van der Waals surface area contributed by atoms with Crippen LogP contribution in [-0.2, 0) is 9.31 Å². The van der Waals surface area contributed by atoms with Gasteiger partial charge in [0.1, 0.15) is 0 Å². The number of allylic oxidation sites excluding steroid dienone is 2. The third kappa shape index (κ3) is 3.37. The van der Waals surface area contributed by atoms with Crippen LogP contribution in [-0.4, -0.2) is 18.3 Å². The summed E-state index contributed by atoms with van der Waals surface area (Å²) < 4.78 is 11.7. The summed E-state index contributed by atoms with van der Waals surface area (Å²) in [5.41, 5.74) is 0.636. The Balaban J connectivity index is 1.93. The first-order valence-corrected chi connectivity index (χ1v) is 6.66. The molecular weight excluding hydrogens is 235 g/mol. The molecule has 0 radical (unpaired) electrons. The van der Waals surface area contributed by atoms with Gasteiger partial charge in [0.25, 0.3) is 0 Å². The van der Waals surface area contributed by atoms with E-state index in [0.717, 1.165) is 0 Å². The van der Waals surface area contributed by atoms with E-state index >= 15 is 0 Å². The van der Waals surface area contributed by atoms with E-state index in [9.17, 15) is 0 Å². The number of hydrogen-bond acceptors (Lipinski definition) is 2. The first-order chi connectivity index (χ1) is 8.91. The topological polar surface area (TPSA) is 18.5 Å². The van der Waals surface area contributed by atoms with E-state index in [1.165, 1.54) is 5.56 Å². The van der Waals surface area contributed by atoms with Crippen molar-refractivity contribution in [3.05, 3.63) is 54.0 Å². The Morgan fingerprint density at radius 1 is 0.895 bits per heavy atom. The van der Waals surface area contributed by atoms with Crippen molar-refractivity contribution in [2.24, 2.45) is 0 Å². The van der Waals surface area contributed by atoms with Gasteiger partial charge < -0.3 is 9.31 Å². The van der Waals surface area contributed by atoms with Crippen molar-refractivity contribution in [3.63, 3.8) is 0 Å². The van der Waals surface area contributed by atoms with E-state index in [4.69, 9.17) is 9.31 Å². The summed E-state index contributed by atoms with van der Waals surface area (Å²) in [4.78, 5) is 0. The zero-order valence-corrected chi connectivity index (χ0v) is 12.1. The summed E-state index contributed by atoms with van der Waals surface area (Å²) in [5.74, 6) is 1.94. The predicted molar refractivity (Wildman–Crippen MR) is 80.7 cm³/mol. The van der Waals surface area contributed by atoms with Gasteiger partial charge in [-0.2, -0.15) is 0 Å². The maximum Gasteiger partial charge on any atom is 0.487 e. The lowest BCUT2D eigenvalue weighted by Crippen LogP contribution is -2.41. The summed E-state index contributed by atoms with van der Waals surface area (Å²) in [7, 11) is -0.273. The average Bonchev–Trinajstić information content (AvgIpc) is 2.55. The first kappa shape index (κ1) is 14.1. The van der Waals surface area contributed by atoms with Gasteiger partial charge in [0, 0.05) is 0 Å². The fourth-order valence-corrected chi connectivity index (χ4v) is 1.85. The van der Waals surface area contributed by atoms with Crippen LogP contribution in [0.15, 0.2) is 48.5 Å². The van der Waals surface area contributed by atoms with Gasteiger partial charge in [-0.3, -0.25) is 0 Å². The molecule has 3 heteroatoms. The molecule has 0 unspecified atom stereocenters. The second-order valence-corrected chi connectivity index (χ2v) is 5.78. The average molecular weight is 256 g/mol. The van der Waals surface area contributed by atoms with E-state index in [0.29, 0.717) is 0 Å². The lowest BCUT2D eigenvalue weighted by atomic mass is 9.90. The summed E-state index contributed by atoms with van der Waals surface area (Å²) in [6, 6.07) is 10.2. The Bertz CT molecular complexity index is 459. The molecule has 2 nitrogen and oxygen atoms in total. The summed E-state index contributed by atoms with van der Waals surface area (Å²) in [6.07, 6.45) is 6.03. The van der Waals surface area contributed by atoms with Crippen molar-refractivity contribution in [1.82, 2.24) is 0 Å². The fourth-order valence-electron chi connectivity index (χ4n) is 1.85. The molecule has 0 amide bonds. The highest BCUT2D eigenvalue weighted by Crippen LogP contribution is 2.36. The first-order valence-electron chi connectivity index (χ1n) is 6.66. The van der Waals surface area contributed by atoms with Crippen LogP contribution in [0.3, 0.4) is 0 Å². The Labute approximate surface area is 116 Å². The SMILES string of the molecule is CC1(C)OB(/C=C/C=C/c2ccccc2)OC1(C)C. The molecule has 1 aliphatic rings. The molecule has 2 rings (SSSR count). The van der Waals surface area contributed by atoms with Crippen molar-refractivity contribution < 1.29 is 9.31 Å². The van der Waals surface area contributed by atoms with Crippen LogP contribution in [0.2, 0.25) is 0 Å². The second kappa shape index (κ2) is 5.36. The summed E-state index contributed by atoms with van der Waals surface area (Å²) >= 11 is 0. The minimum absolute atomic E-state index is 0.273. The van der Waals surface area contributed by atoms with E-state index in [-0.39, 0.29) is 18.3 Å². The van der Waals surface area contributed by atoms with Crippen molar-refractivity contribution in [2.45, 2.75) is 38.9 Å². The van der Waals surface area contributed by atoms with E-state index in [2.05, 4.69) is 45.9 Å². The smallest absolute Gasteiger partial charge is 0.400 e. The zero-order chi connectivity index (χ0) is 13.9. The van der Waals surface area contributed by atoms with E-state index in [1.54, 1.807) is 0 Å². The monoisotopic (exact) mass is 256 g/mol. The summed E-state index contributed by atoms with van der Waals surface area (Å²) in [5, 5.41) is 0. The Hall–Kier alpha value is -1.32. The van der Waals surface area contributed by atoms with Crippen LogP contribution in [0.25, 0.3) is 6.08 Å². The van der Waals surface area contributed by atoms with Crippen molar-refractivity contribution in [2.75, 3.05) is 0 Å². The highest BCUT2D eigenvalue weighted by atomic mass is 16.7. The van der Waals surface area contributed by atoms with Gasteiger partial charge in [0.15, 0.2) is 0 Å². The molecule has 1 aliphatic heterocycles. The normalized spacial score (nSPS) is 21.6. The molecule has 0 spiro atoms. The Kier molecular flexibility index (Phi) is 3.97. The fraction of sp³-hybridized carbons (Fsp3) is 0.375. The minimum atomic E-state index is -0.273. The number of rotatable bonds is 3. The Morgan fingerprint density at radius 3 is 2.05 bits per heavy atom. The van der Waals surface area contributed by atoms with Crippen LogP contribution >= 0.6 is 0 Å². The van der Waals surface area contributed by atoms with Gasteiger partial charge in [-0.25, -0.2) is 0 Å². The van der Waals surface area contributed by atoms with Crippen LogP contribution < -0.4 is 0 Å². The third-order valence-corrected chi connectivity index (χ3v) is 3.74. The zero-order valence-electron chi connectivity index (χ0n) is 12.1. The molecule has 0 aliphatic carbocycles. The quantitative estimate of drug-likeness (QED) is 0.603. The molecule has 0 bridgehead atoms. The van der Waals surface area contributed by atoms with Crippen LogP contribution in [0.4, 0.5) is 0 Å². The molecule has 1 fully saturated rings. The van der Waals surface area contributed by atoms with Crippen molar-refractivity contribution >= 4 is 13.2 Å². The maximum atomic E-state index is 5.87. The van der Waals surface area contributed by atoms with E-state index in [1.807, 2.05) is 36.3 Å². The molecule has 100 valence electrons. The van der Waals surface area contributed by atoms with Gasteiger partial charge in [-0.1, -0.05) is 54.5 Å². The molecule has 0 saturated carbocycles. The number of benzene rings is 1. The van der Waals surface area contributed by atoms with Crippen molar-refractivity contribution in [3.8, 4) is 0 Å².